The summed E-state index contributed by atoms with van der Waals surface area (Å²) < 4.78 is 40.3. The topological polar surface area (TPSA) is 77.2 Å². The molecule has 26 heavy (non-hydrogen) atoms. The molecule has 5 nitrogen and oxygen atoms in total. The fourth-order valence-electron chi connectivity index (χ4n) is 2.24. The molecule has 0 fully saturated rings. The first-order valence-electron chi connectivity index (χ1n) is 7.51. The van der Waals surface area contributed by atoms with Crippen LogP contribution in [0.1, 0.15) is 28.2 Å². The highest BCUT2D eigenvalue weighted by molar-refractivity contribution is 7.09. The highest BCUT2D eigenvalue weighted by Gasteiger charge is 2.58. The summed E-state index contributed by atoms with van der Waals surface area (Å²) in [5, 5.41) is 19.8. The van der Waals surface area contributed by atoms with Crippen LogP contribution in [0.4, 0.5) is 13.2 Å². The number of carbonyl (C=O) groups excluding carboxylic acids is 1. The van der Waals surface area contributed by atoms with Crippen molar-refractivity contribution in [2.24, 2.45) is 0 Å². The number of halogens is 3. The number of hydrogen-bond acceptors (Lipinski definition) is 5. The average molecular weight is 383 g/mol. The fourth-order valence-corrected chi connectivity index (χ4v) is 3.16. The van der Waals surface area contributed by atoms with Crippen molar-refractivity contribution in [3.05, 3.63) is 51.5 Å². The van der Waals surface area contributed by atoms with Crippen molar-refractivity contribution in [3.63, 3.8) is 0 Å². The van der Waals surface area contributed by atoms with E-state index in [-0.39, 0.29) is 6.54 Å². The maximum atomic E-state index is 13.4. The van der Waals surface area contributed by atoms with Crippen LogP contribution in [0.2, 0.25) is 0 Å². The van der Waals surface area contributed by atoms with Gasteiger partial charge in [0.25, 0.3) is 0 Å². The van der Waals surface area contributed by atoms with Gasteiger partial charge in [-0.25, -0.2) is 4.98 Å². The minimum atomic E-state index is -5.04. The van der Waals surface area contributed by atoms with Gasteiger partial charge in [-0.15, -0.1) is 11.3 Å². The Morgan fingerprint density at radius 3 is 2.42 bits per heavy atom. The normalized spacial score (nSPS) is 13.7. The minimum Gasteiger partial charge on any atom is -0.374 e. The zero-order chi connectivity index (χ0) is 19.5. The number of amides is 1. The van der Waals surface area contributed by atoms with Gasteiger partial charge in [0, 0.05) is 24.7 Å². The van der Waals surface area contributed by atoms with E-state index < -0.39 is 29.1 Å². The lowest BCUT2D eigenvalue weighted by Gasteiger charge is -2.29. The van der Waals surface area contributed by atoms with Crippen molar-refractivity contribution in [1.82, 2.24) is 9.88 Å². The second-order valence-electron chi connectivity index (χ2n) is 5.89. The standard InChI is InChI=1S/C17H16F3N3O2S/c1-11-10-26-15(22-11)16(25,17(18,19)20)7-14(24)23(2)9-13-5-3-12(8-21)4-6-13/h3-6,10,25H,7,9H2,1-2H3/t16-/m1/s1. The lowest BCUT2D eigenvalue weighted by atomic mass is 9.98. The SMILES string of the molecule is Cc1csc([C@](O)(CC(=O)N(C)Cc2ccc(C#N)cc2)C(F)(F)F)n1. The molecule has 0 radical (unpaired) electrons. The molecule has 0 unspecified atom stereocenters. The Hall–Kier alpha value is -2.44. The average Bonchev–Trinajstić information content (AvgIpc) is 3.01. The van der Waals surface area contributed by atoms with Crippen molar-refractivity contribution in [3.8, 4) is 6.07 Å². The summed E-state index contributed by atoms with van der Waals surface area (Å²) in [4.78, 5) is 17.1. The predicted molar refractivity (Wildman–Crippen MR) is 89.1 cm³/mol. The van der Waals surface area contributed by atoms with Crippen LogP contribution in [-0.4, -0.2) is 34.1 Å². The highest BCUT2D eigenvalue weighted by atomic mass is 32.1. The van der Waals surface area contributed by atoms with Gasteiger partial charge in [-0.05, 0) is 24.6 Å². The number of alkyl halides is 3. The minimum absolute atomic E-state index is 0.0510. The third-order valence-electron chi connectivity index (χ3n) is 3.78. The van der Waals surface area contributed by atoms with Crippen LogP contribution in [0.15, 0.2) is 29.6 Å². The van der Waals surface area contributed by atoms with Crippen LogP contribution in [0.5, 0.6) is 0 Å². The molecule has 1 heterocycles. The van der Waals surface area contributed by atoms with Crippen molar-refractivity contribution in [1.29, 1.82) is 5.26 Å². The fraction of sp³-hybridized carbons (Fsp3) is 0.353. The second kappa shape index (κ2) is 7.43. The quantitative estimate of drug-likeness (QED) is 0.861. The molecule has 1 aromatic heterocycles. The Morgan fingerprint density at radius 2 is 1.96 bits per heavy atom. The molecule has 0 spiro atoms. The zero-order valence-electron chi connectivity index (χ0n) is 14.0. The smallest absolute Gasteiger partial charge is 0.374 e. The van der Waals surface area contributed by atoms with Gasteiger partial charge in [-0.2, -0.15) is 18.4 Å². The number of aryl methyl sites for hydroxylation is 1. The van der Waals surface area contributed by atoms with Crippen LogP contribution >= 0.6 is 11.3 Å². The van der Waals surface area contributed by atoms with Gasteiger partial charge in [0.05, 0.1) is 18.1 Å². The number of carbonyl (C=O) groups is 1. The monoisotopic (exact) mass is 383 g/mol. The Balaban J connectivity index is 2.17. The summed E-state index contributed by atoms with van der Waals surface area (Å²) >= 11 is 0.663. The first kappa shape index (κ1) is 19.9. The number of nitriles is 1. The lowest BCUT2D eigenvalue weighted by molar-refractivity contribution is -0.268. The molecule has 138 valence electrons. The number of rotatable bonds is 5. The van der Waals surface area contributed by atoms with E-state index in [1.807, 2.05) is 6.07 Å². The van der Waals surface area contributed by atoms with Gasteiger partial charge in [-0.3, -0.25) is 4.79 Å². The van der Waals surface area contributed by atoms with Gasteiger partial charge in [-0.1, -0.05) is 12.1 Å². The van der Waals surface area contributed by atoms with Gasteiger partial charge >= 0.3 is 6.18 Å². The van der Waals surface area contributed by atoms with Crippen molar-refractivity contribution in [2.75, 3.05) is 7.05 Å². The summed E-state index contributed by atoms with van der Waals surface area (Å²) in [6.07, 6.45) is -6.20. The maximum Gasteiger partial charge on any atom is 0.424 e. The predicted octanol–water partition coefficient (Wildman–Crippen LogP) is 3.12. The third kappa shape index (κ3) is 4.20. The molecular weight excluding hydrogens is 367 g/mol. The molecule has 0 bridgehead atoms. The summed E-state index contributed by atoms with van der Waals surface area (Å²) in [7, 11) is 1.35. The van der Waals surface area contributed by atoms with Gasteiger partial charge in [0.2, 0.25) is 11.5 Å². The maximum absolute atomic E-state index is 13.4. The molecule has 1 amide bonds. The zero-order valence-corrected chi connectivity index (χ0v) is 14.9. The Labute approximate surface area is 152 Å². The van der Waals surface area contributed by atoms with Crippen LogP contribution < -0.4 is 0 Å². The highest BCUT2D eigenvalue weighted by Crippen LogP contribution is 2.43. The molecule has 0 saturated carbocycles. The molecule has 9 heteroatoms. The van der Waals surface area contributed by atoms with Gasteiger partial charge < -0.3 is 10.0 Å². The Bertz CT molecular complexity index is 827. The number of thiazole rings is 1. The summed E-state index contributed by atoms with van der Waals surface area (Å²) in [6.45, 7) is 1.56. The van der Waals surface area contributed by atoms with Crippen LogP contribution in [0.25, 0.3) is 0 Å². The van der Waals surface area contributed by atoms with Crippen LogP contribution in [-0.2, 0) is 16.9 Å². The number of hydrogen-bond donors (Lipinski definition) is 1. The molecular formula is C17H16F3N3O2S. The largest absolute Gasteiger partial charge is 0.424 e. The van der Waals surface area contributed by atoms with E-state index in [0.717, 1.165) is 4.90 Å². The molecule has 2 aromatic rings. The lowest BCUT2D eigenvalue weighted by Crippen LogP contribution is -2.46. The first-order chi connectivity index (χ1) is 12.1. The van der Waals surface area contributed by atoms with E-state index in [1.165, 1.54) is 19.4 Å². The van der Waals surface area contributed by atoms with E-state index >= 15 is 0 Å². The molecule has 0 saturated heterocycles. The van der Waals surface area contributed by atoms with Crippen molar-refractivity contribution >= 4 is 17.2 Å². The summed E-state index contributed by atoms with van der Waals surface area (Å²) in [5.74, 6) is -0.873. The van der Waals surface area contributed by atoms with Gasteiger partial charge in [0.1, 0.15) is 5.01 Å². The molecule has 0 aliphatic rings. The summed E-state index contributed by atoms with van der Waals surface area (Å²) in [5.41, 5.74) is -1.90. The van der Waals surface area contributed by atoms with Crippen molar-refractivity contribution < 1.29 is 23.1 Å². The number of aliphatic hydroxyl groups is 1. The molecule has 1 atom stereocenters. The van der Waals surface area contributed by atoms with E-state index in [1.54, 1.807) is 24.3 Å². The molecule has 0 aliphatic heterocycles. The van der Waals surface area contributed by atoms with Crippen LogP contribution in [0.3, 0.4) is 0 Å². The first-order valence-corrected chi connectivity index (χ1v) is 8.39. The van der Waals surface area contributed by atoms with Crippen molar-refractivity contribution in [2.45, 2.75) is 31.7 Å². The molecule has 2 rings (SSSR count). The molecule has 1 N–H and O–H groups in total. The number of benzene rings is 1. The van der Waals surface area contributed by atoms with Crippen LogP contribution in [0, 0.1) is 18.3 Å². The van der Waals surface area contributed by atoms with E-state index in [0.29, 0.717) is 28.2 Å². The van der Waals surface area contributed by atoms with E-state index in [4.69, 9.17) is 5.26 Å². The third-order valence-corrected chi connectivity index (χ3v) is 4.89. The van der Waals surface area contributed by atoms with E-state index in [2.05, 4.69) is 4.98 Å². The summed E-state index contributed by atoms with van der Waals surface area (Å²) in [6, 6.07) is 8.29. The van der Waals surface area contributed by atoms with Gasteiger partial charge in [0.15, 0.2) is 0 Å². The Kier molecular flexibility index (Phi) is 5.68. The number of nitrogens with zero attached hydrogens (tertiary/aromatic N) is 3. The van der Waals surface area contributed by atoms with E-state index in [9.17, 15) is 23.1 Å². The second-order valence-corrected chi connectivity index (χ2v) is 6.75. The number of aromatic nitrogens is 1. The molecule has 1 aromatic carbocycles. The Morgan fingerprint density at radius 1 is 1.35 bits per heavy atom. The molecule has 0 aliphatic carbocycles.